The number of amides is 3. The zero-order valence-electron chi connectivity index (χ0n) is 11.1. The maximum Gasteiger partial charge on any atom is 0.267 e. The molecule has 2 aromatic rings. The van der Waals surface area contributed by atoms with E-state index in [2.05, 4.69) is 10.3 Å². The van der Waals surface area contributed by atoms with Gasteiger partial charge in [-0.2, -0.15) is 0 Å². The normalized spacial score (nSPS) is 18.9. The highest BCUT2D eigenvalue weighted by Crippen LogP contribution is 2.33. The van der Waals surface area contributed by atoms with Crippen molar-refractivity contribution in [1.82, 2.24) is 15.2 Å². The molecule has 3 heterocycles. The largest absolute Gasteiger partial charge is 0.397 e. The number of nitrogens with one attached hydrogen (secondary N) is 1. The van der Waals surface area contributed by atoms with Crippen LogP contribution >= 0.6 is 11.3 Å². The Kier molecular flexibility index (Phi) is 3.09. The summed E-state index contributed by atoms with van der Waals surface area (Å²) in [6.07, 6.45) is 1.62. The molecule has 3 rings (SSSR count). The first-order chi connectivity index (χ1) is 9.99. The number of nitrogens with zero attached hydrogens (tertiary/aromatic N) is 2. The Balaban J connectivity index is 2.02. The van der Waals surface area contributed by atoms with Gasteiger partial charge in [0.2, 0.25) is 11.8 Å². The Morgan fingerprint density at radius 3 is 3.00 bits per heavy atom. The third kappa shape index (κ3) is 2.13. The molecule has 1 saturated heterocycles. The van der Waals surface area contributed by atoms with Crippen molar-refractivity contribution in [3.05, 3.63) is 23.2 Å². The van der Waals surface area contributed by atoms with Gasteiger partial charge in [-0.15, -0.1) is 11.3 Å². The number of pyridine rings is 1. The van der Waals surface area contributed by atoms with Crippen molar-refractivity contribution >= 4 is 45.0 Å². The number of carbonyl (C=O) groups excluding carboxylic acids is 3. The molecule has 0 bridgehead atoms. The molecule has 2 aromatic heterocycles. The molecule has 0 radical (unpaired) electrons. The van der Waals surface area contributed by atoms with Gasteiger partial charge in [-0.3, -0.25) is 19.7 Å². The first-order valence-corrected chi connectivity index (χ1v) is 7.08. The number of nitrogens with two attached hydrogens (primary N) is 1. The third-order valence-corrected chi connectivity index (χ3v) is 4.50. The highest BCUT2D eigenvalue weighted by Gasteiger charge is 2.35. The number of thiophene rings is 1. The predicted molar refractivity (Wildman–Crippen MR) is 77.7 cm³/mol. The minimum Gasteiger partial charge on any atom is -0.397 e. The standard InChI is InChI=1S/C13H12N4O3S/c1-6-11(19)16-8(18)5-17(6)13(20)10-9(14)7-3-2-4-15-12(7)21-10/h2-4,6H,5,14H2,1H3,(H,16,18,19). The van der Waals surface area contributed by atoms with E-state index in [-0.39, 0.29) is 6.54 Å². The van der Waals surface area contributed by atoms with E-state index in [1.54, 1.807) is 25.3 Å². The van der Waals surface area contributed by atoms with Gasteiger partial charge in [0.05, 0.1) is 5.69 Å². The molecule has 1 aliphatic heterocycles. The van der Waals surface area contributed by atoms with Crippen LogP contribution in [0.3, 0.4) is 0 Å². The summed E-state index contributed by atoms with van der Waals surface area (Å²) in [7, 11) is 0. The molecule has 1 aliphatic rings. The number of imide groups is 1. The highest BCUT2D eigenvalue weighted by molar-refractivity contribution is 7.21. The second-order valence-corrected chi connectivity index (χ2v) is 5.72. The fourth-order valence-electron chi connectivity index (χ4n) is 2.20. The fraction of sp³-hybridized carbons (Fsp3) is 0.231. The van der Waals surface area contributed by atoms with Gasteiger partial charge < -0.3 is 10.6 Å². The molecular weight excluding hydrogens is 292 g/mol. The van der Waals surface area contributed by atoms with Crippen LogP contribution in [0.1, 0.15) is 16.6 Å². The van der Waals surface area contributed by atoms with E-state index >= 15 is 0 Å². The fourth-order valence-corrected chi connectivity index (χ4v) is 3.22. The van der Waals surface area contributed by atoms with Crippen LogP contribution in [0.5, 0.6) is 0 Å². The van der Waals surface area contributed by atoms with Crippen LogP contribution in [-0.4, -0.2) is 40.2 Å². The number of anilines is 1. The molecule has 0 aromatic carbocycles. The van der Waals surface area contributed by atoms with Gasteiger partial charge in [0.25, 0.3) is 5.91 Å². The summed E-state index contributed by atoms with van der Waals surface area (Å²) < 4.78 is 0. The Bertz CT molecular complexity index is 770. The molecule has 1 unspecified atom stereocenters. The summed E-state index contributed by atoms with van der Waals surface area (Å²) in [5.74, 6) is -1.41. The van der Waals surface area contributed by atoms with Crippen LogP contribution in [0.2, 0.25) is 0 Å². The summed E-state index contributed by atoms with van der Waals surface area (Å²) in [6.45, 7) is 1.41. The minimum absolute atomic E-state index is 0.160. The average molecular weight is 304 g/mol. The minimum atomic E-state index is -0.715. The van der Waals surface area contributed by atoms with Crippen LogP contribution in [0.25, 0.3) is 10.2 Å². The van der Waals surface area contributed by atoms with Crippen molar-refractivity contribution in [2.45, 2.75) is 13.0 Å². The zero-order chi connectivity index (χ0) is 15.1. The molecule has 0 spiro atoms. The lowest BCUT2D eigenvalue weighted by molar-refractivity contribution is -0.138. The topological polar surface area (TPSA) is 105 Å². The van der Waals surface area contributed by atoms with Crippen LogP contribution in [0.4, 0.5) is 5.69 Å². The summed E-state index contributed by atoms with van der Waals surface area (Å²) >= 11 is 1.16. The van der Waals surface area contributed by atoms with Gasteiger partial charge in [0.1, 0.15) is 22.3 Å². The second kappa shape index (κ2) is 4.81. The number of nitrogen functional groups attached to an aromatic ring is 1. The lowest BCUT2D eigenvalue weighted by atomic mass is 10.1. The number of rotatable bonds is 1. The van der Waals surface area contributed by atoms with Gasteiger partial charge in [0.15, 0.2) is 0 Å². The second-order valence-electron chi connectivity index (χ2n) is 4.72. The van der Waals surface area contributed by atoms with E-state index in [9.17, 15) is 14.4 Å². The van der Waals surface area contributed by atoms with Crippen LogP contribution in [0.15, 0.2) is 18.3 Å². The van der Waals surface area contributed by atoms with Gasteiger partial charge in [-0.25, -0.2) is 4.98 Å². The Labute approximate surface area is 123 Å². The van der Waals surface area contributed by atoms with Crippen LogP contribution in [-0.2, 0) is 9.59 Å². The van der Waals surface area contributed by atoms with E-state index in [1.807, 2.05) is 0 Å². The Morgan fingerprint density at radius 2 is 2.29 bits per heavy atom. The van der Waals surface area contributed by atoms with Gasteiger partial charge >= 0.3 is 0 Å². The van der Waals surface area contributed by atoms with Crippen molar-refractivity contribution in [1.29, 1.82) is 0 Å². The van der Waals surface area contributed by atoms with Crippen molar-refractivity contribution in [3.8, 4) is 0 Å². The monoisotopic (exact) mass is 304 g/mol. The smallest absolute Gasteiger partial charge is 0.267 e. The number of carbonyl (C=O) groups is 3. The number of hydrogen-bond acceptors (Lipinski definition) is 6. The van der Waals surface area contributed by atoms with Crippen molar-refractivity contribution in [2.24, 2.45) is 0 Å². The molecule has 8 heteroatoms. The van der Waals surface area contributed by atoms with E-state index in [0.717, 1.165) is 11.3 Å². The number of piperazine rings is 1. The lowest BCUT2D eigenvalue weighted by Gasteiger charge is -2.31. The van der Waals surface area contributed by atoms with Crippen LogP contribution < -0.4 is 11.1 Å². The molecule has 1 atom stereocenters. The quantitative estimate of drug-likeness (QED) is 0.740. The molecule has 0 saturated carbocycles. The van der Waals surface area contributed by atoms with E-state index in [0.29, 0.717) is 20.8 Å². The molecule has 1 fully saturated rings. The zero-order valence-corrected chi connectivity index (χ0v) is 11.9. The highest BCUT2D eigenvalue weighted by atomic mass is 32.1. The molecule has 0 aliphatic carbocycles. The number of fused-ring (bicyclic) bond motifs is 1. The molecule has 7 nitrogen and oxygen atoms in total. The third-order valence-electron chi connectivity index (χ3n) is 3.38. The SMILES string of the molecule is CC1C(=O)NC(=O)CN1C(=O)c1sc2ncccc2c1N. The van der Waals surface area contributed by atoms with Gasteiger partial charge in [-0.05, 0) is 19.1 Å². The lowest BCUT2D eigenvalue weighted by Crippen LogP contribution is -2.58. The van der Waals surface area contributed by atoms with Crippen molar-refractivity contribution in [2.75, 3.05) is 12.3 Å². The number of aromatic nitrogens is 1. The predicted octanol–water partition coefficient (Wildman–Crippen LogP) is 0.366. The van der Waals surface area contributed by atoms with Crippen molar-refractivity contribution < 1.29 is 14.4 Å². The van der Waals surface area contributed by atoms with E-state index < -0.39 is 23.8 Å². The Hall–Kier alpha value is -2.48. The molecule has 3 N–H and O–H groups in total. The van der Waals surface area contributed by atoms with E-state index in [1.165, 1.54) is 4.90 Å². The van der Waals surface area contributed by atoms with Crippen LogP contribution in [0, 0.1) is 0 Å². The van der Waals surface area contributed by atoms with Gasteiger partial charge in [0, 0.05) is 11.6 Å². The van der Waals surface area contributed by atoms with E-state index in [4.69, 9.17) is 5.73 Å². The summed E-state index contributed by atoms with van der Waals surface area (Å²) in [6, 6.07) is 2.80. The average Bonchev–Trinajstić information content (AvgIpc) is 2.80. The molecular formula is C13H12N4O3S. The molecule has 21 heavy (non-hydrogen) atoms. The van der Waals surface area contributed by atoms with Gasteiger partial charge in [-0.1, -0.05) is 0 Å². The Morgan fingerprint density at radius 1 is 1.52 bits per heavy atom. The summed E-state index contributed by atoms with van der Waals surface area (Å²) in [4.78, 5) is 42.0. The summed E-state index contributed by atoms with van der Waals surface area (Å²) in [5.41, 5.74) is 6.33. The first-order valence-electron chi connectivity index (χ1n) is 6.26. The van der Waals surface area contributed by atoms with Crippen molar-refractivity contribution in [3.63, 3.8) is 0 Å². The number of hydrogen-bond donors (Lipinski definition) is 2. The molecule has 108 valence electrons. The first kappa shape index (κ1) is 13.5. The maximum absolute atomic E-state index is 12.6. The summed E-state index contributed by atoms with van der Waals surface area (Å²) in [5, 5.41) is 2.89. The molecule has 3 amide bonds. The maximum atomic E-state index is 12.6.